The molecule has 0 aliphatic heterocycles. The number of hydrogen-bond donors (Lipinski definition) is 1. The van der Waals surface area contributed by atoms with Gasteiger partial charge in [-0.1, -0.05) is 11.8 Å². The second-order valence-electron chi connectivity index (χ2n) is 5.46. The van der Waals surface area contributed by atoms with E-state index in [0.717, 1.165) is 29.5 Å². The molecule has 2 N–H and O–H groups in total. The predicted molar refractivity (Wildman–Crippen MR) is 86.2 cm³/mol. The van der Waals surface area contributed by atoms with Crippen LogP contribution < -0.4 is 11.3 Å². The number of nitrogens with zero attached hydrogens (tertiary/aromatic N) is 2. The van der Waals surface area contributed by atoms with E-state index in [4.69, 9.17) is 5.73 Å². The van der Waals surface area contributed by atoms with Crippen molar-refractivity contribution in [1.82, 2.24) is 9.55 Å². The number of nitrogens with two attached hydrogens (primary N) is 1. The Labute approximate surface area is 130 Å². The van der Waals surface area contributed by atoms with Crippen molar-refractivity contribution < 1.29 is 4.79 Å². The lowest BCUT2D eigenvalue weighted by molar-refractivity contribution is -0.115. The molecule has 1 aliphatic rings. The van der Waals surface area contributed by atoms with Gasteiger partial charge in [0.25, 0.3) is 5.56 Å². The summed E-state index contributed by atoms with van der Waals surface area (Å²) < 4.78 is 1.68. The highest BCUT2D eigenvalue weighted by Gasteiger charge is 2.24. The Morgan fingerprint density at radius 3 is 2.90 bits per heavy atom. The van der Waals surface area contributed by atoms with Crippen LogP contribution in [-0.2, 0) is 17.6 Å². The molecule has 0 aromatic carbocycles. The van der Waals surface area contributed by atoms with Gasteiger partial charge in [0, 0.05) is 10.9 Å². The standard InChI is InChI=1S/C14H17N3O2S2/c1-7(2)17-13(19)11-8-4-3-5-9(8)21-12(11)16-14(17)20-6-10(15)18/h7H,3-6H2,1-2H3,(H2,15,18). The third kappa shape index (κ3) is 2.48. The Morgan fingerprint density at radius 2 is 2.24 bits per heavy atom. The van der Waals surface area contributed by atoms with Gasteiger partial charge in [-0.15, -0.1) is 11.3 Å². The maximum absolute atomic E-state index is 12.9. The van der Waals surface area contributed by atoms with E-state index in [9.17, 15) is 9.59 Å². The summed E-state index contributed by atoms with van der Waals surface area (Å²) in [6, 6.07) is 0.00160. The van der Waals surface area contributed by atoms with Crippen molar-refractivity contribution in [3.8, 4) is 0 Å². The number of thiophene rings is 1. The van der Waals surface area contributed by atoms with Gasteiger partial charge in [-0.05, 0) is 38.7 Å². The Morgan fingerprint density at radius 1 is 1.48 bits per heavy atom. The predicted octanol–water partition coefficient (Wildman–Crippen LogP) is 2.10. The number of carbonyl (C=O) groups is 1. The minimum absolute atomic E-state index is 0.00160. The van der Waals surface area contributed by atoms with Gasteiger partial charge in [0.15, 0.2) is 5.16 Å². The van der Waals surface area contributed by atoms with Crippen molar-refractivity contribution in [1.29, 1.82) is 0 Å². The molecule has 2 heterocycles. The number of carbonyl (C=O) groups excluding carboxylic acids is 1. The van der Waals surface area contributed by atoms with Gasteiger partial charge in [-0.25, -0.2) is 4.98 Å². The van der Waals surface area contributed by atoms with E-state index in [0.29, 0.717) is 5.16 Å². The highest BCUT2D eigenvalue weighted by molar-refractivity contribution is 7.99. The number of primary amides is 1. The summed E-state index contributed by atoms with van der Waals surface area (Å²) in [4.78, 5) is 30.6. The van der Waals surface area contributed by atoms with E-state index < -0.39 is 5.91 Å². The van der Waals surface area contributed by atoms with E-state index in [1.165, 1.54) is 22.2 Å². The molecule has 0 unspecified atom stereocenters. The summed E-state index contributed by atoms with van der Waals surface area (Å²) >= 11 is 2.85. The molecule has 0 bridgehead atoms. The summed E-state index contributed by atoms with van der Waals surface area (Å²) in [6.07, 6.45) is 3.13. The first-order chi connectivity index (χ1) is 9.99. The Kier molecular flexibility index (Phi) is 3.79. The van der Waals surface area contributed by atoms with Gasteiger partial charge in [-0.3, -0.25) is 14.2 Å². The first-order valence-electron chi connectivity index (χ1n) is 6.97. The van der Waals surface area contributed by atoms with E-state index in [1.807, 2.05) is 13.8 Å². The molecule has 0 atom stereocenters. The SMILES string of the molecule is CC(C)n1c(SCC(N)=O)nc2sc3c(c2c1=O)CCC3. The molecule has 2 aromatic heterocycles. The van der Waals surface area contributed by atoms with Crippen molar-refractivity contribution in [2.45, 2.75) is 44.3 Å². The largest absolute Gasteiger partial charge is 0.369 e. The van der Waals surface area contributed by atoms with Crippen LogP contribution in [0.25, 0.3) is 10.2 Å². The molecule has 21 heavy (non-hydrogen) atoms. The third-order valence-corrected chi connectivity index (χ3v) is 5.76. The molecule has 0 fully saturated rings. The number of aryl methyl sites for hydroxylation is 2. The topological polar surface area (TPSA) is 78.0 Å². The average molecular weight is 323 g/mol. The zero-order chi connectivity index (χ0) is 15.1. The third-order valence-electron chi connectivity index (χ3n) is 3.60. The summed E-state index contributed by atoms with van der Waals surface area (Å²) in [5, 5.41) is 1.37. The van der Waals surface area contributed by atoms with E-state index in [-0.39, 0.29) is 17.4 Å². The molecule has 0 spiro atoms. The zero-order valence-electron chi connectivity index (χ0n) is 12.0. The minimum Gasteiger partial charge on any atom is -0.369 e. The van der Waals surface area contributed by atoms with Crippen molar-refractivity contribution in [3.63, 3.8) is 0 Å². The Balaban J connectivity index is 2.21. The fraction of sp³-hybridized carbons (Fsp3) is 0.500. The Hall–Kier alpha value is -1.34. The molecule has 112 valence electrons. The molecule has 0 saturated heterocycles. The van der Waals surface area contributed by atoms with E-state index >= 15 is 0 Å². The molecular formula is C14H17N3O2S2. The second-order valence-corrected chi connectivity index (χ2v) is 7.48. The van der Waals surface area contributed by atoms with Gasteiger partial charge >= 0.3 is 0 Å². The smallest absolute Gasteiger partial charge is 0.263 e. The van der Waals surface area contributed by atoms with Crippen LogP contribution in [0.5, 0.6) is 0 Å². The number of amides is 1. The highest BCUT2D eigenvalue weighted by Crippen LogP contribution is 2.35. The monoisotopic (exact) mass is 323 g/mol. The quantitative estimate of drug-likeness (QED) is 0.690. The highest BCUT2D eigenvalue weighted by atomic mass is 32.2. The van der Waals surface area contributed by atoms with Gasteiger partial charge in [0.1, 0.15) is 4.83 Å². The van der Waals surface area contributed by atoms with Crippen LogP contribution in [0.4, 0.5) is 0 Å². The lowest BCUT2D eigenvalue weighted by Crippen LogP contribution is -2.25. The van der Waals surface area contributed by atoms with Crippen molar-refractivity contribution in [2.24, 2.45) is 5.73 Å². The second kappa shape index (κ2) is 5.46. The maximum atomic E-state index is 12.9. The van der Waals surface area contributed by atoms with Crippen LogP contribution in [0.1, 0.15) is 36.8 Å². The molecule has 1 amide bonds. The molecule has 0 radical (unpaired) electrons. The lowest BCUT2D eigenvalue weighted by Gasteiger charge is -2.14. The van der Waals surface area contributed by atoms with Crippen molar-refractivity contribution in [3.05, 3.63) is 20.8 Å². The molecule has 5 nitrogen and oxygen atoms in total. The fourth-order valence-electron chi connectivity index (χ4n) is 2.73. The van der Waals surface area contributed by atoms with Crippen LogP contribution >= 0.6 is 23.1 Å². The van der Waals surface area contributed by atoms with Gasteiger partial charge in [-0.2, -0.15) is 0 Å². The van der Waals surface area contributed by atoms with Crippen LogP contribution in [0.15, 0.2) is 9.95 Å². The lowest BCUT2D eigenvalue weighted by atomic mass is 10.2. The van der Waals surface area contributed by atoms with Crippen molar-refractivity contribution in [2.75, 3.05) is 5.75 Å². The number of fused-ring (bicyclic) bond motifs is 3. The summed E-state index contributed by atoms with van der Waals surface area (Å²) in [5.74, 6) is -0.270. The first-order valence-corrected chi connectivity index (χ1v) is 8.77. The van der Waals surface area contributed by atoms with Crippen LogP contribution in [0.2, 0.25) is 0 Å². The van der Waals surface area contributed by atoms with Gasteiger partial charge in [0.2, 0.25) is 5.91 Å². The minimum atomic E-state index is -0.404. The summed E-state index contributed by atoms with van der Waals surface area (Å²) in [6.45, 7) is 3.91. The number of thioether (sulfide) groups is 1. The first kappa shape index (κ1) is 14.6. The van der Waals surface area contributed by atoms with Gasteiger partial charge < -0.3 is 5.73 Å². The number of aromatic nitrogens is 2. The molecule has 3 rings (SSSR count). The van der Waals surface area contributed by atoms with Crippen molar-refractivity contribution >= 4 is 39.2 Å². The van der Waals surface area contributed by atoms with E-state index in [1.54, 1.807) is 15.9 Å². The fourth-order valence-corrected chi connectivity index (χ4v) is 4.90. The molecule has 7 heteroatoms. The van der Waals surface area contributed by atoms with Crippen LogP contribution in [0, 0.1) is 0 Å². The molecule has 0 saturated carbocycles. The van der Waals surface area contributed by atoms with Crippen LogP contribution in [-0.4, -0.2) is 21.2 Å². The van der Waals surface area contributed by atoms with Gasteiger partial charge in [0.05, 0.1) is 11.1 Å². The molecular weight excluding hydrogens is 306 g/mol. The molecule has 1 aliphatic carbocycles. The molecule has 2 aromatic rings. The Bertz CT molecular complexity index is 777. The average Bonchev–Trinajstić information content (AvgIpc) is 2.95. The summed E-state index contributed by atoms with van der Waals surface area (Å²) in [7, 11) is 0. The van der Waals surface area contributed by atoms with Crippen LogP contribution in [0.3, 0.4) is 0 Å². The number of rotatable bonds is 4. The number of hydrogen-bond acceptors (Lipinski definition) is 5. The van der Waals surface area contributed by atoms with E-state index in [2.05, 4.69) is 4.98 Å². The zero-order valence-corrected chi connectivity index (χ0v) is 13.6. The maximum Gasteiger partial charge on any atom is 0.263 e. The normalized spacial score (nSPS) is 14.0. The summed E-state index contributed by atoms with van der Waals surface area (Å²) in [5.41, 5.74) is 6.41.